The third-order valence-corrected chi connectivity index (χ3v) is 7.40. The predicted molar refractivity (Wildman–Crippen MR) is 43.1 cm³/mol. The molecule has 2 heteroatoms. The maximum atomic E-state index is 8.77. The van der Waals surface area contributed by atoms with Gasteiger partial charge in [0.05, 0.1) is 0 Å². The van der Waals surface area contributed by atoms with Crippen LogP contribution in [0.1, 0.15) is 0 Å². The van der Waals surface area contributed by atoms with Gasteiger partial charge in [-0.15, -0.1) is 0 Å². The zero-order valence-electron chi connectivity index (χ0n) is 6.36. The molecule has 0 aliphatic carbocycles. The van der Waals surface area contributed by atoms with Gasteiger partial charge in [-0.05, 0) is 0 Å². The van der Waals surface area contributed by atoms with E-state index in [1.165, 1.54) is 0 Å². The van der Waals surface area contributed by atoms with E-state index in [4.69, 9.17) is 5.11 Å². The molecule has 0 radical (unpaired) electrons. The van der Waals surface area contributed by atoms with Crippen molar-refractivity contribution in [1.82, 2.24) is 0 Å². The van der Waals surface area contributed by atoms with Crippen LogP contribution in [-0.2, 0) is 0 Å². The van der Waals surface area contributed by atoms with Crippen LogP contribution in [0, 0.1) is 0 Å². The van der Waals surface area contributed by atoms with E-state index in [1.54, 1.807) is 0 Å². The van der Waals surface area contributed by atoms with E-state index in [-0.39, 0.29) is 6.61 Å². The second-order valence-corrected chi connectivity index (χ2v) is 17.6. The fraction of sp³-hybridized carbons (Fsp3) is 0.571. The summed E-state index contributed by atoms with van der Waals surface area (Å²) < 4.78 is 1.07. The third-order valence-electron chi connectivity index (χ3n) is 1.28. The second kappa shape index (κ2) is 3.45. The molecular weight excluding hydrogens is 219 g/mol. The molecule has 0 rings (SSSR count). The minimum absolute atomic E-state index is 0.156. The summed E-state index contributed by atoms with van der Waals surface area (Å²) in [6.45, 7) is 3.68. The zero-order valence-corrected chi connectivity index (χ0v) is 9.22. The summed E-state index contributed by atoms with van der Waals surface area (Å²) in [5.74, 6) is 0. The van der Waals surface area contributed by atoms with E-state index in [2.05, 4.69) is 27.1 Å². The molecule has 1 nitrogen and oxygen atoms in total. The van der Waals surface area contributed by atoms with Gasteiger partial charge in [0.1, 0.15) is 0 Å². The summed E-state index contributed by atoms with van der Waals surface area (Å²) in [5.41, 5.74) is 2.80. The Balaban J connectivity index is 4.33. The molecule has 0 saturated heterocycles. The number of hydrogen-bond acceptors (Lipinski definition) is 1. The van der Waals surface area contributed by atoms with Crippen LogP contribution in [0.5, 0.6) is 0 Å². The van der Waals surface area contributed by atoms with Crippen molar-refractivity contribution in [2.75, 3.05) is 6.61 Å². The fourth-order valence-electron chi connectivity index (χ4n) is 0.558. The summed E-state index contributed by atoms with van der Waals surface area (Å²) in [7, 11) is 0. The maximum absolute atomic E-state index is 8.77. The summed E-state index contributed by atoms with van der Waals surface area (Å²) in [6.07, 6.45) is 0. The molecule has 9 heavy (non-hydrogen) atoms. The molecule has 0 unspecified atom stereocenters. The van der Waals surface area contributed by atoms with Gasteiger partial charge < -0.3 is 0 Å². The van der Waals surface area contributed by atoms with Crippen LogP contribution in [0.25, 0.3) is 0 Å². The Bertz CT molecular complexity index is 137. The molecule has 1 N–H and O–H groups in total. The van der Waals surface area contributed by atoms with Crippen LogP contribution in [0.4, 0.5) is 0 Å². The fourth-order valence-corrected chi connectivity index (χ4v) is 3.43. The van der Waals surface area contributed by atoms with Crippen molar-refractivity contribution in [3.63, 3.8) is 0 Å². The van der Waals surface area contributed by atoms with Crippen molar-refractivity contribution in [1.29, 1.82) is 0 Å². The van der Waals surface area contributed by atoms with Crippen LogP contribution in [-0.4, -0.2) is 30.1 Å². The Hall–Kier alpha value is 0.279. The van der Waals surface area contributed by atoms with E-state index in [0.717, 1.165) is 3.59 Å². The number of aliphatic hydroxyl groups excluding tert-OH is 1. The van der Waals surface area contributed by atoms with Crippen molar-refractivity contribution < 1.29 is 5.11 Å². The van der Waals surface area contributed by atoms with Gasteiger partial charge in [-0.2, -0.15) is 0 Å². The molecule has 0 bridgehead atoms. The Morgan fingerprint density at radius 3 is 2.00 bits per heavy atom. The van der Waals surface area contributed by atoms with E-state index in [9.17, 15) is 0 Å². The molecule has 0 fully saturated rings. The first-order valence-corrected chi connectivity index (χ1v) is 13.0. The van der Waals surface area contributed by atoms with Crippen LogP contribution in [0.2, 0.25) is 14.8 Å². The van der Waals surface area contributed by atoms with Crippen molar-refractivity contribution in [2.45, 2.75) is 14.8 Å². The van der Waals surface area contributed by atoms with E-state index < -0.39 is 18.4 Å². The van der Waals surface area contributed by atoms with Crippen LogP contribution in [0.15, 0.2) is 15.9 Å². The molecule has 0 amide bonds. The molecule has 0 aliphatic heterocycles. The molecule has 0 aromatic heterocycles. The zero-order chi connectivity index (χ0) is 7.49. The van der Waals surface area contributed by atoms with Crippen LogP contribution < -0.4 is 0 Å². The van der Waals surface area contributed by atoms with Gasteiger partial charge in [-0.25, -0.2) is 0 Å². The Labute approximate surface area is 61.0 Å². The van der Waals surface area contributed by atoms with Gasteiger partial charge in [-0.1, -0.05) is 0 Å². The number of aliphatic hydroxyl groups is 1. The van der Waals surface area contributed by atoms with Crippen molar-refractivity contribution in [3.05, 3.63) is 15.9 Å². The van der Waals surface area contributed by atoms with Crippen molar-refractivity contribution >= 4 is 18.4 Å². The Morgan fingerprint density at radius 1 is 1.56 bits per heavy atom. The Kier molecular flexibility index (Phi) is 3.55. The SMILES string of the molecule is C=C=[C](CO)[Sn]([CH3])([CH3])[CH3]. The normalized spacial score (nSPS) is 10.7. The van der Waals surface area contributed by atoms with Crippen LogP contribution in [0.3, 0.4) is 0 Å². The first-order chi connectivity index (χ1) is 4.02. The first-order valence-electron chi connectivity index (χ1n) is 3.02. The molecule has 0 aromatic carbocycles. The second-order valence-electron chi connectivity index (χ2n) is 3.06. The first kappa shape index (κ1) is 9.28. The Morgan fingerprint density at radius 2 is 2.00 bits per heavy atom. The van der Waals surface area contributed by atoms with Gasteiger partial charge >= 0.3 is 60.8 Å². The average molecular weight is 233 g/mol. The average Bonchev–Trinajstić information content (AvgIpc) is 1.65. The minimum atomic E-state index is -1.96. The van der Waals surface area contributed by atoms with Crippen molar-refractivity contribution in [3.8, 4) is 0 Å². The van der Waals surface area contributed by atoms with Gasteiger partial charge in [0.15, 0.2) is 0 Å². The van der Waals surface area contributed by atoms with Gasteiger partial charge in [0.25, 0.3) is 0 Å². The summed E-state index contributed by atoms with van der Waals surface area (Å²) in [4.78, 5) is 6.70. The number of hydrogen-bond donors (Lipinski definition) is 1. The molecule has 0 heterocycles. The molecule has 0 aromatic rings. The van der Waals surface area contributed by atoms with E-state index in [0.29, 0.717) is 0 Å². The molecule has 0 atom stereocenters. The monoisotopic (exact) mass is 234 g/mol. The molecule has 0 spiro atoms. The standard InChI is InChI=1S/C4H5O.3CH3.Sn/c1-2-3-4-5;;;;/h5H,1,4H2;3*1H3;. The molecule has 0 saturated carbocycles. The van der Waals surface area contributed by atoms with E-state index >= 15 is 0 Å². The molecule has 52 valence electrons. The van der Waals surface area contributed by atoms with Gasteiger partial charge in [-0.3, -0.25) is 0 Å². The van der Waals surface area contributed by atoms with E-state index in [1.807, 2.05) is 0 Å². The third kappa shape index (κ3) is 3.09. The topological polar surface area (TPSA) is 20.2 Å². The molecular formula is C7H14OSn. The summed E-state index contributed by atoms with van der Waals surface area (Å²) in [6, 6.07) is 0. The summed E-state index contributed by atoms with van der Waals surface area (Å²) in [5, 5.41) is 8.77. The number of rotatable bonds is 2. The quantitative estimate of drug-likeness (QED) is 0.566. The van der Waals surface area contributed by atoms with Gasteiger partial charge in [0, 0.05) is 0 Å². The van der Waals surface area contributed by atoms with Crippen molar-refractivity contribution in [2.24, 2.45) is 0 Å². The predicted octanol–water partition coefficient (Wildman–Crippen LogP) is 1.57. The van der Waals surface area contributed by atoms with Crippen LogP contribution >= 0.6 is 0 Å². The summed E-state index contributed by atoms with van der Waals surface area (Å²) >= 11 is -1.96. The molecule has 0 aliphatic rings. The van der Waals surface area contributed by atoms with Gasteiger partial charge in [0.2, 0.25) is 0 Å².